The second kappa shape index (κ2) is 6.40. The van der Waals surface area contributed by atoms with E-state index in [1.54, 1.807) is 7.05 Å². The van der Waals surface area contributed by atoms with Crippen molar-refractivity contribution in [3.05, 3.63) is 47.9 Å². The summed E-state index contributed by atoms with van der Waals surface area (Å²) in [6.45, 7) is 2.75. The van der Waals surface area contributed by atoms with Gasteiger partial charge in [0.25, 0.3) is 0 Å². The molecule has 3 aromatic rings. The number of fused-ring (bicyclic) bond motifs is 1. The summed E-state index contributed by atoms with van der Waals surface area (Å²) in [4.78, 5) is 19.7. The summed E-state index contributed by atoms with van der Waals surface area (Å²) in [7, 11) is 1.81. The molecule has 3 N–H and O–H groups in total. The van der Waals surface area contributed by atoms with E-state index in [-0.39, 0.29) is 4.81 Å². The molecule has 0 bridgehead atoms. The summed E-state index contributed by atoms with van der Waals surface area (Å²) < 4.78 is 2.94. The molecule has 6 nitrogen and oxygen atoms in total. The van der Waals surface area contributed by atoms with Crippen LogP contribution in [0.2, 0.25) is 0 Å². The summed E-state index contributed by atoms with van der Waals surface area (Å²) in [6.07, 6.45) is 3.49. The van der Waals surface area contributed by atoms with Crippen molar-refractivity contribution in [2.75, 3.05) is 12.4 Å². The number of rotatable bonds is 5. The summed E-state index contributed by atoms with van der Waals surface area (Å²) >= 11 is -0.451. The molecule has 3 rings (SSSR count). The molecule has 0 unspecified atom stereocenters. The molecule has 2 aromatic heterocycles. The molecule has 0 atom stereocenters. The molecule has 0 aliphatic rings. The van der Waals surface area contributed by atoms with Crippen LogP contribution in [-0.2, 0) is 6.54 Å². The van der Waals surface area contributed by atoms with Crippen LogP contribution in [0, 0.1) is 6.92 Å². The van der Waals surface area contributed by atoms with E-state index in [4.69, 9.17) is 5.73 Å². The SMILES string of the molecule is CNc1ncnc2c1c([Se]C(N)=O)cn2Cc1ccc(C)cc1. The maximum absolute atomic E-state index is 11.4. The van der Waals surface area contributed by atoms with Gasteiger partial charge in [-0.25, -0.2) is 0 Å². The second-order valence-electron chi connectivity index (χ2n) is 5.20. The van der Waals surface area contributed by atoms with Gasteiger partial charge in [-0.3, -0.25) is 0 Å². The van der Waals surface area contributed by atoms with Crippen molar-refractivity contribution in [2.45, 2.75) is 13.5 Å². The Kier molecular flexibility index (Phi) is 4.32. The first kappa shape index (κ1) is 15.5. The van der Waals surface area contributed by atoms with E-state index in [0.29, 0.717) is 6.54 Å². The van der Waals surface area contributed by atoms with E-state index in [9.17, 15) is 4.79 Å². The molecule has 0 fully saturated rings. The van der Waals surface area contributed by atoms with Crippen molar-refractivity contribution in [2.24, 2.45) is 5.73 Å². The van der Waals surface area contributed by atoms with E-state index in [0.717, 1.165) is 21.3 Å². The standard InChI is InChI=1S/C16H17N5OSe/c1-10-3-5-11(6-4-10)7-21-8-12(23-16(17)22)13-14(18-2)19-9-20-15(13)21/h3-6,8-9H,7H2,1-2H3,(H2,17,22)(H,18,19,20). The normalized spacial score (nSPS) is 10.9. The molecule has 0 saturated heterocycles. The zero-order chi connectivity index (χ0) is 16.4. The number of nitrogens with one attached hydrogen (secondary N) is 1. The van der Waals surface area contributed by atoms with Crippen molar-refractivity contribution < 1.29 is 4.79 Å². The monoisotopic (exact) mass is 375 g/mol. The summed E-state index contributed by atoms with van der Waals surface area (Å²) in [5.74, 6) is 0.718. The molecule has 0 aliphatic heterocycles. The zero-order valence-corrected chi connectivity index (χ0v) is 14.6. The van der Waals surface area contributed by atoms with Gasteiger partial charge in [0.05, 0.1) is 0 Å². The second-order valence-corrected chi connectivity index (χ2v) is 7.39. The van der Waals surface area contributed by atoms with Crippen LogP contribution in [0.3, 0.4) is 0 Å². The van der Waals surface area contributed by atoms with Gasteiger partial charge in [-0.2, -0.15) is 0 Å². The van der Waals surface area contributed by atoms with Gasteiger partial charge >= 0.3 is 140 Å². The molecule has 2 heterocycles. The average molecular weight is 374 g/mol. The van der Waals surface area contributed by atoms with E-state index in [2.05, 4.69) is 46.5 Å². The van der Waals surface area contributed by atoms with Crippen molar-refractivity contribution >= 4 is 41.1 Å². The molecular formula is C16H17N5OSe. The van der Waals surface area contributed by atoms with Crippen molar-refractivity contribution in [3.63, 3.8) is 0 Å². The van der Waals surface area contributed by atoms with Gasteiger partial charge in [0.2, 0.25) is 0 Å². The van der Waals surface area contributed by atoms with Crippen LogP contribution in [0.15, 0.2) is 36.8 Å². The number of hydrogen-bond acceptors (Lipinski definition) is 4. The first-order valence-corrected chi connectivity index (χ1v) is 8.84. The van der Waals surface area contributed by atoms with Crippen LogP contribution < -0.4 is 15.5 Å². The summed E-state index contributed by atoms with van der Waals surface area (Å²) in [5.41, 5.74) is 8.61. The summed E-state index contributed by atoms with van der Waals surface area (Å²) in [6, 6.07) is 8.37. The predicted molar refractivity (Wildman–Crippen MR) is 92.3 cm³/mol. The van der Waals surface area contributed by atoms with E-state index < -0.39 is 15.0 Å². The number of carbonyl (C=O) groups excluding carboxylic acids is 1. The minimum atomic E-state index is -0.451. The van der Waals surface area contributed by atoms with Gasteiger partial charge < -0.3 is 0 Å². The number of carbonyl (C=O) groups is 1. The minimum absolute atomic E-state index is 0.308. The first-order chi connectivity index (χ1) is 11.1. The van der Waals surface area contributed by atoms with Crippen molar-refractivity contribution in [3.8, 4) is 0 Å². The molecule has 1 amide bonds. The van der Waals surface area contributed by atoms with Crippen molar-refractivity contribution in [1.29, 1.82) is 0 Å². The number of anilines is 1. The van der Waals surface area contributed by atoms with Gasteiger partial charge in [-0.05, 0) is 0 Å². The fourth-order valence-corrected chi connectivity index (χ4v) is 3.91. The van der Waals surface area contributed by atoms with Gasteiger partial charge in [-0.1, -0.05) is 0 Å². The van der Waals surface area contributed by atoms with Crippen molar-refractivity contribution in [1.82, 2.24) is 14.5 Å². The molecule has 1 aromatic carbocycles. The molecule has 0 spiro atoms. The third kappa shape index (κ3) is 3.20. The number of amides is 1. The van der Waals surface area contributed by atoms with Crippen LogP contribution in [0.1, 0.15) is 11.1 Å². The number of benzene rings is 1. The Morgan fingerprint density at radius 2 is 2.04 bits per heavy atom. The topological polar surface area (TPSA) is 85.8 Å². The van der Waals surface area contributed by atoms with Crippen LogP contribution in [0.25, 0.3) is 11.0 Å². The van der Waals surface area contributed by atoms with Gasteiger partial charge in [-0.15, -0.1) is 0 Å². The quantitative estimate of drug-likeness (QED) is 0.658. The Bertz CT molecular complexity index is 857. The number of primary amides is 1. The van der Waals surface area contributed by atoms with Gasteiger partial charge in [0, 0.05) is 0 Å². The zero-order valence-electron chi connectivity index (χ0n) is 12.9. The Morgan fingerprint density at radius 3 is 2.70 bits per heavy atom. The Hall–Kier alpha value is -2.37. The Labute approximate surface area is 140 Å². The van der Waals surface area contributed by atoms with E-state index in [1.807, 2.05) is 10.8 Å². The van der Waals surface area contributed by atoms with Crippen LogP contribution in [-0.4, -0.2) is 41.3 Å². The number of nitrogens with two attached hydrogens (primary N) is 1. The molecule has 0 saturated carbocycles. The Balaban J connectivity index is 2.09. The predicted octanol–water partition coefficient (Wildman–Crippen LogP) is 1.24. The molecular weight excluding hydrogens is 357 g/mol. The summed E-state index contributed by atoms with van der Waals surface area (Å²) in [5, 5.41) is 3.94. The third-order valence-corrected chi connectivity index (χ3v) is 5.07. The number of nitrogens with zero attached hydrogens (tertiary/aromatic N) is 3. The number of hydrogen-bond donors (Lipinski definition) is 2. The molecule has 118 valence electrons. The maximum atomic E-state index is 11.4. The number of aryl methyl sites for hydroxylation is 1. The third-order valence-electron chi connectivity index (χ3n) is 3.54. The fourth-order valence-electron chi connectivity index (χ4n) is 2.47. The van der Waals surface area contributed by atoms with Crippen LogP contribution in [0.4, 0.5) is 10.6 Å². The number of aromatic nitrogens is 3. The van der Waals surface area contributed by atoms with Gasteiger partial charge in [0.1, 0.15) is 0 Å². The Morgan fingerprint density at radius 1 is 1.30 bits per heavy atom. The fraction of sp³-hybridized carbons (Fsp3) is 0.188. The van der Waals surface area contributed by atoms with Gasteiger partial charge in [0.15, 0.2) is 0 Å². The molecule has 7 heteroatoms. The molecule has 0 radical (unpaired) electrons. The molecule has 0 aliphatic carbocycles. The van der Waals surface area contributed by atoms with E-state index >= 15 is 0 Å². The van der Waals surface area contributed by atoms with E-state index in [1.165, 1.54) is 17.5 Å². The van der Waals surface area contributed by atoms with Crippen LogP contribution in [0.5, 0.6) is 0 Å². The van der Waals surface area contributed by atoms with Crippen LogP contribution >= 0.6 is 0 Å². The average Bonchev–Trinajstić information content (AvgIpc) is 2.87. The first-order valence-electron chi connectivity index (χ1n) is 7.13. The molecule has 23 heavy (non-hydrogen) atoms.